The molecule has 0 radical (unpaired) electrons. The summed E-state index contributed by atoms with van der Waals surface area (Å²) in [4.78, 5) is 22.8. The molecule has 0 aliphatic heterocycles. The van der Waals surface area contributed by atoms with Crippen LogP contribution in [-0.4, -0.2) is 29.2 Å². The van der Waals surface area contributed by atoms with Gasteiger partial charge in [-0.25, -0.2) is 4.98 Å². The summed E-state index contributed by atoms with van der Waals surface area (Å²) in [5.41, 5.74) is 4.50. The monoisotopic (exact) mass is 432 g/mol. The van der Waals surface area contributed by atoms with Crippen molar-refractivity contribution in [1.29, 1.82) is 5.26 Å². The smallest absolute Gasteiger partial charge is 0.266 e. The molecule has 4 aromatic rings. The Morgan fingerprint density at radius 3 is 2.68 bits per heavy atom. The number of rotatable bonds is 6. The number of aromatic amines is 2. The second-order valence-corrected chi connectivity index (χ2v) is 7.89. The van der Waals surface area contributed by atoms with Crippen LogP contribution in [0.2, 0.25) is 0 Å². The highest BCUT2D eigenvalue weighted by atomic mass is 32.2. The molecule has 4 rings (SSSR count). The normalized spacial score (nSPS) is 10.8. The van der Waals surface area contributed by atoms with Gasteiger partial charge in [0.1, 0.15) is 23.1 Å². The Morgan fingerprint density at radius 2 is 1.94 bits per heavy atom. The number of nitrogens with one attached hydrogen (secondary N) is 2. The maximum Gasteiger partial charge on any atom is 0.266 e. The summed E-state index contributed by atoms with van der Waals surface area (Å²) in [7, 11) is 3.25. The number of hydrogen-bond acceptors (Lipinski definition) is 6. The summed E-state index contributed by atoms with van der Waals surface area (Å²) in [6, 6.07) is 15.2. The average Bonchev–Trinajstić information content (AvgIpc) is 3.19. The summed E-state index contributed by atoms with van der Waals surface area (Å²) in [6.45, 7) is 1.79. The highest BCUT2D eigenvalue weighted by molar-refractivity contribution is 7.98. The molecular weight excluding hydrogens is 412 g/mol. The van der Waals surface area contributed by atoms with Gasteiger partial charge in [0.05, 0.1) is 25.3 Å². The second-order valence-electron chi connectivity index (χ2n) is 6.92. The number of hydrogen-bond donors (Lipinski definition) is 2. The van der Waals surface area contributed by atoms with Crippen LogP contribution in [0.1, 0.15) is 16.8 Å². The van der Waals surface area contributed by atoms with Crippen molar-refractivity contribution in [2.75, 3.05) is 14.2 Å². The number of ether oxygens (including phenoxy) is 2. The highest BCUT2D eigenvalue weighted by Gasteiger charge is 2.14. The Bertz CT molecular complexity index is 1370. The van der Waals surface area contributed by atoms with Crippen LogP contribution in [0.4, 0.5) is 0 Å². The molecule has 0 atom stereocenters. The fraction of sp³-hybridized carbons (Fsp3) is 0.174. The van der Waals surface area contributed by atoms with Crippen LogP contribution in [0, 0.1) is 18.3 Å². The number of thioether (sulfide) groups is 1. The molecule has 0 amide bonds. The first kappa shape index (κ1) is 20.6. The summed E-state index contributed by atoms with van der Waals surface area (Å²) in [6.07, 6.45) is 0. The molecular formula is C23H20N4O3S. The van der Waals surface area contributed by atoms with Gasteiger partial charge < -0.3 is 19.4 Å². The molecule has 0 aliphatic carbocycles. The molecule has 0 unspecified atom stereocenters. The number of H-pyrrole nitrogens is 2. The number of methoxy groups -OCH3 is 2. The van der Waals surface area contributed by atoms with Gasteiger partial charge in [-0.05, 0) is 42.8 Å². The van der Waals surface area contributed by atoms with E-state index in [2.05, 4.69) is 15.0 Å². The van der Waals surface area contributed by atoms with Gasteiger partial charge in [0, 0.05) is 28.6 Å². The van der Waals surface area contributed by atoms with E-state index < -0.39 is 0 Å². The van der Waals surface area contributed by atoms with E-state index >= 15 is 0 Å². The van der Waals surface area contributed by atoms with Gasteiger partial charge in [-0.15, -0.1) is 0 Å². The number of aryl methyl sites for hydroxylation is 1. The Labute approximate surface area is 183 Å². The third kappa shape index (κ3) is 4.13. The van der Waals surface area contributed by atoms with Gasteiger partial charge in [0.25, 0.3) is 5.56 Å². The van der Waals surface area contributed by atoms with Crippen LogP contribution in [0.5, 0.6) is 11.5 Å². The van der Waals surface area contributed by atoms with Crippen LogP contribution in [0.15, 0.2) is 52.4 Å². The molecule has 0 bridgehead atoms. The number of benzene rings is 2. The number of nitriles is 1. The molecule has 156 valence electrons. The van der Waals surface area contributed by atoms with Gasteiger partial charge in [0.15, 0.2) is 5.16 Å². The standard InChI is InChI=1S/C23H20N4O3S/c1-13-8-17(18(11-24)22(28)25-13)14-4-7-21(30-3)15(9-14)12-31-23-26-19-6-5-16(29-2)10-20(19)27-23/h4-10H,12H2,1-3H3,(H,25,28)(H,26,27). The molecule has 8 heteroatoms. The van der Waals surface area contributed by atoms with Crippen molar-refractivity contribution >= 4 is 22.8 Å². The summed E-state index contributed by atoms with van der Waals surface area (Å²) in [5, 5.41) is 10.2. The topological polar surface area (TPSA) is 104 Å². The number of aromatic nitrogens is 3. The Kier molecular flexibility index (Phi) is 5.69. The van der Waals surface area contributed by atoms with E-state index in [1.54, 1.807) is 32.9 Å². The van der Waals surface area contributed by atoms with Crippen molar-refractivity contribution in [3.63, 3.8) is 0 Å². The molecule has 0 spiro atoms. The lowest BCUT2D eigenvalue weighted by atomic mass is 9.99. The maximum atomic E-state index is 12.2. The lowest BCUT2D eigenvalue weighted by Crippen LogP contribution is -2.12. The van der Waals surface area contributed by atoms with Gasteiger partial charge in [0.2, 0.25) is 0 Å². The molecule has 0 saturated heterocycles. The first-order chi connectivity index (χ1) is 15.0. The predicted octanol–water partition coefficient (Wildman–Crippen LogP) is 4.41. The Morgan fingerprint density at radius 1 is 1.10 bits per heavy atom. The Balaban J connectivity index is 1.66. The van der Waals surface area contributed by atoms with E-state index in [0.29, 0.717) is 17.0 Å². The van der Waals surface area contributed by atoms with Crippen molar-refractivity contribution < 1.29 is 9.47 Å². The maximum absolute atomic E-state index is 12.2. The fourth-order valence-corrected chi connectivity index (χ4v) is 4.26. The summed E-state index contributed by atoms with van der Waals surface area (Å²) >= 11 is 1.54. The SMILES string of the molecule is COc1ccc2nc(SCc3cc(-c4cc(C)[nH]c(=O)c4C#N)ccc3OC)[nH]c2c1. The number of imidazole rings is 1. The first-order valence-corrected chi connectivity index (χ1v) is 10.5. The molecule has 7 nitrogen and oxygen atoms in total. The van der Waals surface area contributed by atoms with Crippen LogP contribution >= 0.6 is 11.8 Å². The van der Waals surface area contributed by atoms with Crippen LogP contribution in [-0.2, 0) is 5.75 Å². The fourth-order valence-electron chi connectivity index (χ4n) is 3.39. The lowest BCUT2D eigenvalue weighted by Gasteiger charge is -2.11. The quantitative estimate of drug-likeness (QED) is 0.438. The third-order valence-corrected chi connectivity index (χ3v) is 5.82. The number of fused-ring (bicyclic) bond motifs is 1. The molecule has 0 saturated carbocycles. The van der Waals surface area contributed by atoms with Crippen molar-refractivity contribution in [3.05, 3.63) is 69.6 Å². The third-order valence-electron chi connectivity index (χ3n) is 4.90. The number of nitrogens with zero attached hydrogens (tertiary/aromatic N) is 2. The zero-order valence-electron chi connectivity index (χ0n) is 17.3. The van der Waals surface area contributed by atoms with Crippen molar-refractivity contribution in [2.24, 2.45) is 0 Å². The molecule has 2 aromatic carbocycles. The van der Waals surface area contributed by atoms with E-state index in [0.717, 1.165) is 38.8 Å². The van der Waals surface area contributed by atoms with E-state index in [4.69, 9.17) is 9.47 Å². The first-order valence-electron chi connectivity index (χ1n) is 9.50. The van der Waals surface area contributed by atoms with Gasteiger partial charge in [-0.2, -0.15) is 5.26 Å². The summed E-state index contributed by atoms with van der Waals surface area (Å²) < 4.78 is 10.8. The molecule has 31 heavy (non-hydrogen) atoms. The van der Waals surface area contributed by atoms with Gasteiger partial charge in [-0.3, -0.25) is 4.79 Å². The van der Waals surface area contributed by atoms with Crippen LogP contribution in [0.25, 0.3) is 22.2 Å². The predicted molar refractivity (Wildman–Crippen MR) is 121 cm³/mol. The van der Waals surface area contributed by atoms with Crippen LogP contribution in [0.3, 0.4) is 0 Å². The number of pyridine rings is 1. The van der Waals surface area contributed by atoms with Crippen molar-refractivity contribution in [3.8, 4) is 28.7 Å². The zero-order chi connectivity index (χ0) is 22.0. The Hall–Kier alpha value is -3.70. The highest BCUT2D eigenvalue weighted by Crippen LogP contribution is 2.32. The summed E-state index contributed by atoms with van der Waals surface area (Å²) in [5.74, 6) is 2.09. The minimum absolute atomic E-state index is 0.0978. The lowest BCUT2D eigenvalue weighted by molar-refractivity contribution is 0.411. The van der Waals surface area contributed by atoms with Gasteiger partial charge in [-0.1, -0.05) is 17.8 Å². The average molecular weight is 433 g/mol. The molecule has 2 N–H and O–H groups in total. The largest absolute Gasteiger partial charge is 0.497 e. The molecule has 0 fully saturated rings. The van der Waals surface area contributed by atoms with E-state index in [1.165, 1.54) is 0 Å². The molecule has 2 aromatic heterocycles. The van der Waals surface area contributed by atoms with E-state index in [1.807, 2.05) is 48.5 Å². The zero-order valence-corrected chi connectivity index (χ0v) is 18.1. The van der Waals surface area contributed by atoms with E-state index in [9.17, 15) is 10.1 Å². The minimum Gasteiger partial charge on any atom is -0.497 e. The van der Waals surface area contributed by atoms with Crippen molar-refractivity contribution in [2.45, 2.75) is 17.8 Å². The molecule has 0 aliphatic rings. The van der Waals surface area contributed by atoms with E-state index in [-0.39, 0.29) is 11.1 Å². The van der Waals surface area contributed by atoms with Gasteiger partial charge >= 0.3 is 0 Å². The van der Waals surface area contributed by atoms with Crippen LogP contribution < -0.4 is 15.0 Å². The van der Waals surface area contributed by atoms with Crippen molar-refractivity contribution in [1.82, 2.24) is 15.0 Å². The second kappa shape index (κ2) is 8.58. The minimum atomic E-state index is -0.387. The molecule has 2 heterocycles.